The summed E-state index contributed by atoms with van der Waals surface area (Å²) < 4.78 is 0. The maximum absolute atomic E-state index is 12.6. The third-order valence-electron chi connectivity index (χ3n) is 4.27. The number of carbonyl (C=O) groups excluding carboxylic acids is 1. The van der Waals surface area contributed by atoms with Gasteiger partial charge in [-0.15, -0.1) is 24.8 Å². The molecule has 0 bridgehead atoms. The monoisotopic (exact) mass is 389 g/mol. The van der Waals surface area contributed by atoms with Crippen molar-refractivity contribution in [2.45, 2.75) is 39.2 Å². The van der Waals surface area contributed by atoms with Gasteiger partial charge in [0.05, 0.1) is 22.5 Å². The van der Waals surface area contributed by atoms with Crippen molar-refractivity contribution in [2.24, 2.45) is 5.73 Å². The Morgan fingerprint density at radius 2 is 1.92 bits per heavy atom. The standard InChI is InChI=1S/C17H23N3OS.2ClH/c1-4-17(5-2,11-18)20-16(21)14-6-7-15(19-12(14)3)13-8-9-22-10-13;;/h6-10H,4-5,11,18H2,1-3H3,(H,20,21);2*1H. The molecule has 24 heavy (non-hydrogen) atoms. The van der Waals surface area contributed by atoms with E-state index in [4.69, 9.17) is 5.73 Å². The SMILES string of the molecule is CCC(CC)(CN)NC(=O)c1ccc(-c2ccsc2)nc1C.Cl.Cl. The highest BCUT2D eigenvalue weighted by Gasteiger charge is 2.27. The van der Waals surface area contributed by atoms with Crippen LogP contribution in [0.2, 0.25) is 0 Å². The van der Waals surface area contributed by atoms with Crippen LogP contribution in [0.3, 0.4) is 0 Å². The van der Waals surface area contributed by atoms with Crippen LogP contribution in [-0.4, -0.2) is 23.0 Å². The lowest BCUT2D eigenvalue weighted by atomic mass is 9.92. The van der Waals surface area contributed by atoms with Gasteiger partial charge in [-0.25, -0.2) is 0 Å². The van der Waals surface area contributed by atoms with Gasteiger partial charge in [0.15, 0.2) is 0 Å². The second-order valence-corrected chi connectivity index (χ2v) is 6.27. The summed E-state index contributed by atoms with van der Waals surface area (Å²) in [4.78, 5) is 17.1. The van der Waals surface area contributed by atoms with Gasteiger partial charge >= 0.3 is 0 Å². The van der Waals surface area contributed by atoms with Crippen LogP contribution in [0.1, 0.15) is 42.7 Å². The number of aromatic nitrogens is 1. The fourth-order valence-corrected chi connectivity index (χ4v) is 3.10. The van der Waals surface area contributed by atoms with E-state index >= 15 is 0 Å². The number of hydrogen-bond donors (Lipinski definition) is 2. The van der Waals surface area contributed by atoms with Crippen LogP contribution in [0.4, 0.5) is 0 Å². The lowest BCUT2D eigenvalue weighted by Crippen LogP contribution is -2.53. The Hall–Kier alpha value is -1.14. The Labute approximate surface area is 160 Å². The number of thiophene rings is 1. The second-order valence-electron chi connectivity index (χ2n) is 5.49. The van der Waals surface area contributed by atoms with Crippen molar-refractivity contribution >= 4 is 42.1 Å². The first-order chi connectivity index (χ1) is 10.5. The first-order valence-electron chi connectivity index (χ1n) is 7.58. The number of halogens is 2. The van der Waals surface area contributed by atoms with E-state index in [9.17, 15) is 4.79 Å². The van der Waals surface area contributed by atoms with Crippen LogP contribution in [-0.2, 0) is 0 Å². The van der Waals surface area contributed by atoms with E-state index in [0.29, 0.717) is 12.1 Å². The minimum atomic E-state index is -0.338. The molecule has 0 spiro atoms. The zero-order valence-corrected chi connectivity index (χ0v) is 16.6. The molecule has 2 rings (SSSR count). The molecule has 2 aromatic heterocycles. The fraction of sp³-hybridized carbons (Fsp3) is 0.412. The Kier molecular flexibility index (Phi) is 9.51. The van der Waals surface area contributed by atoms with Gasteiger partial charge in [-0.1, -0.05) is 13.8 Å². The summed E-state index contributed by atoms with van der Waals surface area (Å²) in [6.07, 6.45) is 1.62. The average molecular weight is 390 g/mol. The number of hydrogen-bond acceptors (Lipinski definition) is 4. The van der Waals surface area contributed by atoms with Gasteiger partial charge < -0.3 is 11.1 Å². The largest absolute Gasteiger partial charge is 0.345 e. The highest BCUT2D eigenvalue weighted by atomic mass is 35.5. The number of rotatable bonds is 6. The van der Waals surface area contributed by atoms with Crippen LogP contribution in [0.25, 0.3) is 11.3 Å². The molecule has 0 saturated heterocycles. The molecule has 2 heterocycles. The van der Waals surface area contributed by atoms with Gasteiger partial charge in [-0.3, -0.25) is 9.78 Å². The molecule has 134 valence electrons. The molecule has 0 radical (unpaired) electrons. The summed E-state index contributed by atoms with van der Waals surface area (Å²) >= 11 is 1.63. The third kappa shape index (κ3) is 4.93. The summed E-state index contributed by atoms with van der Waals surface area (Å²) in [7, 11) is 0. The third-order valence-corrected chi connectivity index (χ3v) is 4.95. The number of nitrogens with two attached hydrogens (primary N) is 1. The van der Waals surface area contributed by atoms with Crippen LogP contribution in [0.5, 0.6) is 0 Å². The average Bonchev–Trinajstić information content (AvgIpc) is 3.07. The summed E-state index contributed by atoms with van der Waals surface area (Å²) in [6.45, 7) is 6.39. The summed E-state index contributed by atoms with van der Waals surface area (Å²) in [5, 5.41) is 7.16. The number of pyridine rings is 1. The van der Waals surface area contributed by atoms with Crippen LogP contribution in [0.15, 0.2) is 29.0 Å². The summed E-state index contributed by atoms with van der Waals surface area (Å²) in [5.41, 5.74) is 8.84. The highest BCUT2D eigenvalue weighted by molar-refractivity contribution is 7.08. The molecule has 0 saturated carbocycles. The van der Waals surface area contributed by atoms with Crippen LogP contribution in [0, 0.1) is 6.92 Å². The van der Waals surface area contributed by atoms with Crippen molar-refractivity contribution in [2.75, 3.05) is 6.54 Å². The zero-order chi connectivity index (χ0) is 16.2. The van der Waals surface area contributed by atoms with Gasteiger partial charge in [0.2, 0.25) is 0 Å². The molecule has 0 aliphatic heterocycles. The molecule has 0 unspecified atom stereocenters. The fourth-order valence-electron chi connectivity index (χ4n) is 2.45. The maximum Gasteiger partial charge on any atom is 0.253 e. The van der Waals surface area contributed by atoms with Crippen molar-refractivity contribution in [3.8, 4) is 11.3 Å². The molecule has 2 aromatic rings. The van der Waals surface area contributed by atoms with Gasteiger partial charge in [0, 0.05) is 17.5 Å². The molecule has 7 heteroatoms. The number of nitrogens with zero attached hydrogens (tertiary/aromatic N) is 1. The zero-order valence-electron chi connectivity index (χ0n) is 14.2. The maximum atomic E-state index is 12.6. The molecular weight excluding hydrogens is 365 g/mol. The molecule has 4 nitrogen and oxygen atoms in total. The van der Waals surface area contributed by atoms with E-state index in [-0.39, 0.29) is 36.3 Å². The lowest BCUT2D eigenvalue weighted by Gasteiger charge is -2.31. The molecule has 1 amide bonds. The van der Waals surface area contributed by atoms with Gasteiger partial charge in [0.1, 0.15) is 0 Å². The Morgan fingerprint density at radius 1 is 1.25 bits per heavy atom. The van der Waals surface area contributed by atoms with Crippen LogP contribution >= 0.6 is 36.2 Å². The van der Waals surface area contributed by atoms with Gasteiger partial charge in [0.25, 0.3) is 5.91 Å². The van der Waals surface area contributed by atoms with E-state index in [1.165, 1.54) is 0 Å². The van der Waals surface area contributed by atoms with Crippen molar-refractivity contribution in [3.05, 3.63) is 40.2 Å². The number of carbonyl (C=O) groups is 1. The molecule has 0 aliphatic carbocycles. The Morgan fingerprint density at radius 3 is 2.38 bits per heavy atom. The topological polar surface area (TPSA) is 68.0 Å². The normalized spacial score (nSPS) is 10.5. The van der Waals surface area contributed by atoms with Crippen LogP contribution < -0.4 is 11.1 Å². The lowest BCUT2D eigenvalue weighted by molar-refractivity contribution is 0.0894. The minimum Gasteiger partial charge on any atom is -0.345 e. The molecule has 0 aromatic carbocycles. The highest BCUT2D eigenvalue weighted by Crippen LogP contribution is 2.22. The van der Waals surface area contributed by atoms with E-state index in [1.54, 1.807) is 11.3 Å². The smallest absolute Gasteiger partial charge is 0.253 e. The van der Waals surface area contributed by atoms with E-state index in [2.05, 4.69) is 15.7 Å². The second kappa shape index (κ2) is 9.99. The van der Waals surface area contributed by atoms with Gasteiger partial charge in [-0.05, 0) is 43.3 Å². The molecule has 0 atom stereocenters. The molecule has 0 fully saturated rings. The predicted octanol–water partition coefficient (Wildman–Crippen LogP) is 4.21. The molecular formula is C17H25Cl2N3OS. The van der Waals surface area contributed by atoms with Crippen molar-refractivity contribution < 1.29 is 4.79 Å². The van der Waals surface area contributed by atoms with E-state index < -0.39 is 0 Å². The summed E-state index contributed by atoms with van der Waals surface area (Å²) in [5.74, 6) is -0.101. The van der Waals surface area contributed by atoms with Crippen molar-refractivity contribution in [3.63, 3.8) is 0 Å². The van der Waals surface area contributed by atoms with Crippen molar-refractivity contribution in [1.82, 2.24) is 10.3 Å². The Bertz CT molecular complexity index is 635. The molecule has 3 N–H and O–H groups in total. The summed E-state index contributed by atoms with van der Waals surface area (Å²) in [6, 6.07) is 5.77. The first-order valence-corrected chi connectivity index (χ1v) is 8.52. The quantitative estimate of drug-likeness (QED) is 0.777. The minimum absolute atomic E-state index is 0. The van der Waals surface area contributed by atoms with Gasteiger partial charge in [-0.2, -0.15) is 11.3 Å². The predicted molar refractivity (Wildman–Crippen MR) is 107 cm³/mol. The molecule has 0 aliphatic rings. The van der Waals surface area contributed by atoms with E-state index in [1.807, 2.05) is 44.4 Å². The van der Waals surface area contributed by atoms with E-state index in [0.717, 1.165) is 29.8 Å². The van der Waals surface area contributed by atoms with Crippen molar-refractivity contribution in [1.29, 1.82) is 0 Å². The number of nitrogens with one attached hydrogen (secondary N) is 1. The number of aryl methyl sites for hydroxylation is 1. The Balaban J connectivity index is 0.00000264. The number of amides is 1. The first kappa shape index (κ1) is 22.9.